The zero-order valence-electron chi connectivity index (χ0n) is 35.1. The van der Waals surface area contributed by atoms with E-state index in [0.29, 0.717) is 39.3 Å². The molecule has 0 amide bonds. The molecule has 15 nitrogen and oxygen atoms in total. The number of unbranched alkanes of at least 4 members (excludes halogenated alkanes) is 1. The van der Waals surface area contributed by atoms with Gasteiger partial charge in [-0.25, -0.2) is 0 Å². The van der Waals surface area contributed by atoms with E-state index in [2.05, 4.69) is 67.8 Å². The van der Waals surface area contributed by atoms with Crippen molar-refractivity contribution in [3.05, 3.63) is 0 Å². The van der Waals surface area contributed by atoms with Gasteiger partial charge >= 0.3 is 30.1 Å². The van der Waals surface area contributed by atoms with Gasteiger partial charge in [0.15, 0.2) is 0 Å². The molecule has 0 unspecified atom stereocenters. The van der Waals surface area contributed by atoms with E-state index in [1.807, 2.05) is 51.3 Å². The molecule has 21 heteroatoms. The van der Waals surface area contributed by atoms with Crippen LogP contribution in [0.15, 0.2) is 0 Å². The van der Waals surface area contributed by atoms with Crippen LogP contribution in [-0.4, -0.2) is 210 Å². The van der Waals surface area contributed by atoms with Crippen molar-refractivity contribution in [3.63, 3.8) is 0 Å². The molecule has 2 saturated heterocycles. The smallest absolute Gasteiger partial charge is 0.446 e. The maximum Gasteiger partial charge on any atom is 0.446 e. The maximum absolute atomic E-state index is 12.1. The Morgan fingerprint density at radius 2 is 0.862 bits per heavy atom. The topological polar surface area (TPSA) is 172 Å². The Morgan fingerprint density at radius 3 is 1.12 bits per heavy atom. The van der Waals surface area contributed by atoms with Gasteiger partial charge < -0.3 is 29.9 Å². The van der Waals surface area contributed by atoms with E-state index in [-0.39, 0.29) is 38.1 Å². The third kappa shape index (κ3) is 40.0. The van der Waals surface area contributed by atoms with E-state index < -0.39 is 35.6 Å². The number of carboxylic acid groups (broad SMARTS) is 2. The number of nitrogens with zero attached hydrogens (tertiary/aromatic N) is 5. The van der Waals surface area contributed by atoms with Gasteiger partial charge in [0.25, 0.3) is 0 Å². The number of carboxylic acids is 2. The molecule has 0 spiro atoms. The quantitative estimate of drug-likeness (QED) is 0.0985. The highest BCUT2D eigenvalue weighted by atomic mass is 79.9. The molecule has 0 aromatic heterocycles. The molecule has 0 bridgehead atoms. The van der Waals surface area contributed by atoms with Crippen LogP contribution in [0.4, 0.5) is 13.2 Å². The predicted molar refractivity (Wildman–Crippen MR) is 229 cm³/mol. The summed E-state index contributed by atoms with van der Waals surface area (Å²) >= 11 is 10.1. The average Bonchev–Trinajstić information content (AvgIpc) is 3.25. The van der Waals surface area contributed by atoms with Gasteiger partial charge in [0, 0.05) is 94.5 Å². The summed E-state index contributed by atoms with van der Waals surface area (Å²) in [5, 5.41) is 24.4. The molecule has 0 atom stereocenters. The van der Waals surface area contributed by atoms with Gasteiger partial charge in [0.05, 0.1) is 26.2 Å². The molecule has 0 saturated carbocycles. The third-order valence-corrected chi connectivity index (χ3v) is 9.34. The molecule has 58 heavy (non-hydrogen) atoms. The van der Waals surface area contributed by atoms with Crippen molar-refractivity contribution in [1.29, 1.82) is 0 Å². The highest BCUT2D eigenvalue weighted by molar-refractivity contribution is 9.09. The van der Waals surface area contributed by atoms with Crippen molar-refractivity contribution >= 4 is 78.0 Å². The minimum absolute atomic E-state index is 0.00714. The van der Waals surface area contributed by atoms with E-state index in [1.165, 1.54) is 12.8 Å². The van der Waals surface area contributed by atoms with Gasteiger partial charge in [-0.15, -0.1) is 0 Å². The number of nitrogens with one attached hydrogen (secondary N) is 1. The summed E-state index contributed by atoms with van der Waals surface area (Å²) in [4.78, 5) is 64.8. The van der Waals surface area contributed by atoms with Gasteiger partial charge in [-0.2, -0.15) is 13.2 Å². The number of rotatable bonds is 14. The monoisotopic (exact) mass is 1030 g/mol. The number of alkyl halides is 6. The first-order valence-electron chi connectivity index (χ1n) is 19.3. The van der Waals surface area contributed by atoms with E-state index >= 15 is 0 Å². The van der Waals surface area contributed by atoms with Crippen molar-refractivity contribution in [1.82, 2.24) is 29.8 Å². The Labute approximate surface area is 368 Å². The van der Waals surface area contributed by atoms with E-state index in [9.17, 15) is 32.3 Å². The average molecular weight is 1040 g/mol. The van der Waals surface area contributed by atoms with Gasteiger partial charge in [-0.3, -0.25) is 43.6 Å². The van der Waals surface area contributed by atoms with Crippen LogP contribution in [-0.2, 0) is 33.4 Å². The van der Waals surface area contributed by atoms with Crippen LogP contribution in [0.1, 0.15) is 60.8 Å². The Kier molecular flexibility index (Phi) is 33.6. The molecule has 3 N–H and O–H groups in total. The first kappa shape index (κ1) is 58.6. The van der Waals surface area contributed by atoms with Crippen LogP contribution >= 0.6 is 47.8 Å². The zero-order chi connectivity index (χ0) is 44.8. The Balaban J connectivity index is 0. The van der Waals surface area contributed by atoms with Crippen molar-refractivity contribution in [2.45, 2.75) is 78.2 Å². The summed E-state index contributed by atoms with van der Waals surface area (Å²) in [5.74, 6) is -2.12. The lowest BCUT2D eigenvalue weighted by molar-refractivity contribution is -0.158. The van der Waals surface area contributed by atoms with Crippen molar-refractivity contribution in [3.8, 4) is 0 Å². The van der Waals surface area contributed by atoms with Gasteiger partial charge in [-0.1, -0.05) is 47.8 Å². The molecule has 0 aromatic carbocycles. The predicted octanol–water partition coefficient (Wildman–Crippen LogP) is 4.04. The summed E-state index contributed by atoms with van der Waals surface area (Å²) in [6, 6.07) is 0. The van der Waals surface area contributed by atoms with Crippen LogP contribution in [0.2, 0.25) is 0 Å². The van der Waals surface area contributed by atoms with Crippen LogP contribution in [0.5, 0.6) is 0 Å². The minimum atomic E-state index is -4.64. The van der Waals surface area contributed by atoms with E-state index in [0.717, 1.165) is 68.2 Å². The molecule has 0 aromatic rings. The molecule has 2 fully saturated rings. The number of aldehydes is 1. The number of aliphatic carboxylic acids is 2. The molecule has 0 radical (unpaired) electrons. The largest absolute Gasteiger partial charge is 0.480 e. The molecule has 0 aliphatic carbocycles. The maximum atomic E-state index is 12.1. The van der Waals surface area contributed by atoms with Crippen LogP contribution in [0, 0.1) is 0 Å². The second kappa shape index (κ2) is 33.2. The number of carbonyl (C=O) groups is 5. The fraction of sp³-hybridized carbons (Fsp3) is 0.865. The van der Waals surface area contributed by atoms with E-state index in [1.54, 1.807) is 0 Å². The first-order chi connectivity index (χ1) is 26.9. The summed E-state index contributed by atoms with van der Waals surface area (Å²) in [6.07, 6.45) is -2.11. The molecule has 2 aliphatic heterocycles. The van der Waals surface area contributed by atoms with Crippen LogP contribution in [0.25, 0.3) is 0 Å². The number of hydrogen-bond acceptors (Lipinski definition) is 13. The lowest BCUT2D eigenvalue weighted by atomic mass is 10.2. The van der Waals surface area contributed by atoms with Crippen molar-refractivity contribution in [2.24, 2.45) is 0 Å². The van der Waals surface area contributed by atoms with Crippen LogP contribution in [0.3, 0.4) is 0 Å². The SMILES string of the molecule is BrCCCCBr.CC(C)(C)OC(=O)CN1CCNCCN(CC(=O)OC(C)(C)C)CC1.O=C(O)CN1CCN(CCCBr)CCN(CC(=O)O)CC1.O=CC(F)(F)F. The number of halogens is 6. The lowest BCUT2D eigenvalue weighted by Crippen LogP contribution is -2.42. The Morgan fingerprint density at radius 1 is 0.569 bits per heavy atom. The molecule has 2 rings (SSSR count). The summed E-state index contributed by atoms with van der Waals surface area (Å²) in [7, 11) is 0. The number of hydrogen-bond donors (Lipinski definition) is 3. The summed E-state index contributed by atoms with van der Waals surface area (Å²) < 4.78 is 42.1. The van der Waals surface area contributed by atoms with Gasteiger partial charge in [-0.05, 0) is 67.3 Å². The third-order valence-electron chi connectivity index (χ3n) is 7.66. The lowest BCUT2D eigenvalue weighted by Gasteiger charge is -2.27. The summed E-state index contributed by atoms with van der Waals surface area (Å²) in [6.45, 7) is 21.5. The van der Waals surface area contributed by atoms with Gasteiger partial charge in [0.1, 0.15) is 11.2 Å². The molecule has 2 heterocycles. The molecule has 342 valence electrons. The summed E-state index contributed by atoms with van der Waals surface area (Å²) in [5.41, 5.74) is -0.949. The highest BCUT2D eigenvalue weighted by Crippen LogP contribution is 2.10. The number of ether oxygens (including phenoxy) is 2. The Hall–Kier alpha value is -1.46. The first-order valence-corrected chi connectivity index (χ1v) is 22.7. The number of esters is 2. The molecular weight excluding hydrogens is 969 g/mol. The fourth-order valence-electron chi connectivity index (χ4n) is 5.11. The van der Waals surface area contributed by atoms with Crippen LogP contribution < -0.4 is 5.32 Å². The number of carbonyl (C=O) groups excluding carboxylic acids is 3. The van der Waals surface area contributed by atoms with Crippen molar-refractivity contribution in [2.75, 3.05) is 127 Å². The minimum Gasteiger partial charge on any atom is -0.480 e. The van der Waals surface area contributed by atoms with E-state index in [4.69, 9.17) is 24.5 Å². The molecule has 2 aliphatic rings. The Bertz CT molecular complexity index is 1080. The zero-order valence-corrected chi connectivity index (χ0v) is 39.9. The van der Waals surface area contributed by atoms with Gasteiger partial charge in [0.2, 0.25) is 6.29 Å². The fourth-order valence-corrected chi connectivity index (χ4v) is 6.16. The molecular formula is C37H68Br3F3N6O9. The van der Waals surface area contributed by atoms with Crippen molar-refractivity contribution < 1.29 is 56.8 Å². The standard InChI is InChI=1S/C18H35N3O4.C13H24BrN3O4.C4H8Br2.C2HF3O/c1-17(2,3)24-15(22)13-20-9-7-19-8-10-21(12-11-20)14-16(23)25-18(4,5)6;14-2-1-3-15-4-6-16(10-12(18)19)8-9-17(7-5-15)11-13(20)21;5-3-1-2-4-6;3-2(4,5)1-6/h19H,7-14H2,1-6H3;1-11H2,(H,18,19)(H,20,21);1-4H2;1H. The second-order valence-corrected chi connectivity index (χ2v) is 17.8. The second-order valence-electron chi connectivity index (χ2n) is 15.4. The highest BCUT2D eigenvalue weighted by Gasteiger charge is 2.25. The normalized spacial score (nSPS) is 17.3.